The lowest BCUT2D eigenvalue weighted by Gasteiger charge is -2.09. The number of nitrogen functional groups attached to an aromatic ring is 1. The highest BCUT2D eigenvalue weighted by Gasteiger charge is 2.17. The SMILES string of the molecule is CCc1nn(-c2cc(C)nc(C(C)C)n2)c(N)c1C#N. The van der Waals surface area contributed by atoms with Gasteiger partial charge in [-0.05, 0) is 13.3 Å². The van der Waals surface area contributed by atoms with Crippen LogP contribution in [-0.4, -0.2) is 19.7 Å². The van der Waals surface area contributed by atoms with Crippen molar-refractivity contribution in [1.29, 1.82) is 5.26 Å². The van der Waals surface area contributed by atoms with Gasteiger partial charge in [-0.25, -0.2) is 9.97 Å². The summed E-state index contributed by atoms with van der Waals surface area (Å²) in [6, 6.07) is 3.92. The molecule has 0 amide bonds. The third kappa shape index (κ3) is 2.35. The van der Waals surface area contributed by atoms with Crippen LogP contribution < -0.4 is 5.73 Å². The van der Waals surface area contributed by atoms with E-state index >= 15 is 0 Å². The second kappa shape index (κ2) is 5.29. The minimum Gasteiger partial charge on any atom is -0.382 e. The Bertz CT molecular complexity index is 678. The predicted octanol–water partition coefficient (Wildman–Crippen LogP) is 2.11. The summed E-state index contributed by atoms with van der Waals surface area (Å²) in [5, 5.41) is 13.6. The Morgan fingerprint density at radius 2 is 2.10 bits per heavy atom. The Labute approximate surface area is 118 Å². The van der Waals surface area contributed by atoms with Gasteiger partial charge >= 0.3 is 0 Å². The molecule has 2 N–H and O–H groups in total. The predicted molar refractivity (Wildman–Crippen MR) is 76.5 cm³/mol. The minimum absolute atomic E-state index is 0.214. The first kappa shape index (κ1) is 14.0. The Kier molecular flexibility index (Phi) is 3.70. The van der Waals surface area contributed by atoms with Crippen LogP contribution in [0, 0.1) is 18.3 Å². The summed E-state index contributed by atoms with van der Waals surface area (Å²) < 4.78 is 1.53. The molecule has 0 fully saturated rings. The van der Waals surface area contributed by atoms with Gasteiger partial charge in [0.15, 0.2) is 5.82 Å². The molecular formula is C14H18N6. The topological polar surface area (TPSA) is 93.4 Å². The number of hydrogen-bond acceptors (Lipinski definition) is 5. The summed E-state index contributed by atoms with van der Waals surface area (Å²) >= 11 is 0. The highest BCUT2D eigenvalue weighted by molar-refractivity contribution is 5.55. The van der Waals surface area contributed by atoms with E-state index in [0.29, 0.717) is 29.3 Å². The standard InChI is InChI=1S/C14H18N6/c1-5-11-10(7-15)13(16)20(19-11)12-6-9(4)17-14(18-12)8(2)3/h6,8H,5,16H2,1-4H3. The van der Waals surface area contributed by atoms with Crippen molar-refractivity contribution in [2.24, 2.45) is 0 Å². The number of nitrogens with zero attached hydrogens (tertiary/aromatic N) is 5. The van der Waals surface area contributed by atoms with Crippen molar-refractivity contribution in [2.45, 2.75) is 40.0 Å². The lowest BCUT2D eigenvalue weighted by Crippen LogP contribution is -2.09. The third-order valence-electron chi connectivity index (χ3n) is 3.03. The molecule has 6 heteroatoms. The maximum absolute atomic E-state index is 9.17. The molecular weight excluding hydrogens is 252 g/mol. The van der Waals surface area contributed by atoms with Crippen molar-refractivity contribution >= 4 is 5.82 Å². The van der Waals surface area contributed by atoms with Crippen molar-refractivity contribution in [3.8, 4) is 11.9 Å². The van der Waals surface area contributed by atoms with E-state index in [1.165, 1.54) is 4.68 Å². The second-order valence-electron chi connectivity index (χ2n) is 4.96. The highest BCUT2D eigenvalue weighted by Crippen LogP contribution is 2.21. The lowest BCUT2D eigenvalue weighted by molar-refractivity contribution is 0.736. The van der Waals surface area contributed by atoms with Crippen LogP contribution >= 0.6 is 0 Å². The van der Waals surface area contributed by atoms with E-state index < -0.39 is 0 Å². The molecule has 0 aromatic carbocycles. The molecule has 0 aliphatic rings. The van der Waals surface area contributed by atoms with Gasteiger partial charge in [-0.2, -0.15) is 15.0 Å². The zero-order valence-electron chi connectivity index (χ0n) is 12.2. The van der Waals surface area contributed by atoms with Gasteiger partial charge in [0, 0.05) is 17.7 Å². The smallest absolute Gasteiger partial charge is 0.159 e. The van der Waals surface area contributed by atoms with Gasteiger partial charge in [-0.15, -0.1) is 0 Å². The third-order valence-corrected chi connectivity index (χ3v) is 3.03. The van der Waals surface area contributed by atoms with Crippen molar-refractivity contribution in [1.82, 2.24) is 19.7 Å². The zero-order chi connectivity index (χ0) is 14.9. The van der Waals surface area contributed by atoms with Gasteiger partial charge in [0.1, 0.15) is 23.3 Å². The van der Waals surface area contributed by atoms with Crippen LogP contribution in [0.25, 0.3) is 5.82 Å². The molecule has 0 radical (unpaired) electrons. The Morgan fingerprint density at radius 1 is 1.40 bits per heavy atom. The van der Waals surface area contributed by atoms with Crippen molar-refractivity contribution in [3.05, 3.63) is 28.8 Å². The molecule has 0 unspecified atom stereocenters. The van der Waals surface area contributed by atoms with Crippen LogP contribution in [0.5, 0.6) is 0 Å². The van der Waals surface area contributed by atoms with Gasteiger partial charge < -0.3 is 5.73 Å². The maximum Gasteiger partial charge on any atom is 0.159 e. The number of rotatable bonds is 3. The van der Waals surface area contributed by atoms with E-state index in [2.05, 4.69) is 21.1 Å². The first-order valence-electron chi connectivity index (χ1n) is 6.61. The van der Waals surface area contributed by atoms with Crippen molar-refractivity contribution in [3.63, 3.8) is 0 Å². The van der Waals surface area contributed by atoms with Crippen molar-refractivity contribution < 1.29 is 0 Å². The summed E-state index contributed by atoms with van der Waals surface area (Å²) in [4.78, 5) is 8.89. The molecule has 0 bridgehead atoms. The van der Waals surface area contributed by atoms with Gasteiger partial charge in [0.05, 0.1) is 5.69 Å². The average molecular weight is 270 g/mol. The summed E-state index contributed by atoms with van der Waals surface area (Å²) in [5.74, 6) is 1.89. The largest absolute Gasteiger partial charge is 0.382 e. The van der Waals surface area contributed by atoms with Crippen LogP contribution in [-0.2, 0) is 6.42 Å². The Hall–Kier alpha value is -2.42. The molecule has 2 heterocycles. The fourth-order valence-electron chi connectivity index (χ4n) is 1.96. The van der Waals surface area contributed by atoms with Crippen LogP contribution in [0.15, 0.2) is 6.07 Å². The van der Waals surface area contributed by atoms with Crippen molar-refractivity contribution in [2.75, 3.05) is 5.73 Å². The van der Waals surface area contributed by atoms with Gasteiger partial charge in [-0.3, -0.25) is 0 Å². The molecule has 2 rings (SSSR count). The number of nitrogens with two attached hydrogens (primary N) is 1. The number of hydrogen-bond donors (Lipinski definition) is 1. The first-order chi connectivity index (χ1) is 9.47. The molecule has 0 spiro atoms. The molecule has 6 nitrogen and oxygen atoms in total. The van der Waals surface area contributed by atoms with E-state index in [1.807, 2.05) is 33.8 Å². The molecule has 2 aromatic heterocycles. The van der Waals surface area contributed by atoms with Gasteiger partial charge in [0.25, 0.3) is 0 Å². The molecule has 2 aromatic rings. The summed E-state index contributed by atoms with van der Waals surface area (Å²) in [7, 11) is 0. The highest BCUT2D eigenvalue weighted by atomic mass is 15.3. The second-order valence-corrected chi connectivity index (χ2v) is 4.96. The van der Waals surface area contributed by atoms with E-state index in [4.69, 9.17) is 5.73 Å². The fourth-order valence-corrected chi connectivity index (χ4v) is 1.96. The maximum atomic E-state index is 9.17. The summed E-state index contributed by atoms with van der Waals surface area (Å²) in [6.45, 7) is 7.91. The van der Waals surface area contributed by atoms with Crippen LogP contribution in [0.4, 0.5) is 5.82 Å². The Balaban J connectivity index is 2.63. The first-order valence-corrected chi connectivity index (χ1v) is 6.61. The number of anilines is 1. The van der Waals surface area contributed by atoms with E-state index in [1.54, 1.807) is 0 Å². The zero-order valence-corrected chi connectivity index (χ0v) is 12.2. The van der Waals surface area contributed by atoms with Gasteiger partial charge in [0.2, 0.25) is 0 Å². The molecule has 0 saturated heterocycles. The van der Waals surface area contributed by atoms with Gasteiger partial charge in [-0.1, -0.05) is 20.8 Å². The van der Waals surface area contributed by atoms with E-state index in [0.717, 1.165) is 11.5 Å². The molecule has 0 atom stereocenters. The summed E-state index contributed by atoms with van der Waals surface area (Å²) in [6.07, 6.45) is 0.654. The molecule has 104 valence electrons. The number of nitriles is 1. The average Bonchev–Trinajstić information content (AvgIpc) is 2.74. The quantitative estimate of drug-likeness (QED) is 0.921. The fraction of sp³-hybridized carbons (Fsp3) is 0.429. The Morgan fingerprint density at radius 3 is 2.60 bits per heavy atom. The summed E-state index contributed by atoms with van der Waals surface area (Å²) in [5.41, 5.74) is 7.98. The van der Waals surface area contributed by atoms with Crippen LogP contribution in [0.2, 0.25) is 0 Å². The number of aryl methyl sites for hydroxylation is 2. The number of aromatic nitrogens is 4. The monoisotopic (exact) mass is 270 g/mol. The molecule has 0 saturated carbocycles. The lowest BCUT2D eigenvalue weighted by atomic mass is 10.2. The molecule has 0 aliphatic carbocycles. The van der Waals surface area contributed by atoms with Crippen LogP contribution in [0.1, 0.15) is 49.5 Å². The van der Waals surface area contributed by atoms with E-state index in [9.17, 15) is 5.26 Å². The van der Waals surface area contributed by atoms with Crippen LogP contribution in [0.3, 0.4) is 0 Å². The minimum atomic E-state index is 0.214. The molecule has 0 aliphatic heterocycles. The van der Waals surface area contributed by atoms with E-state index in [-0.39, 0.29) is 5.92 Å². The normalized spacial score (nSPS) is 10.8. The molecule has 20 heavy (non-hydrogen) atoms.